The minimum atomic E-state index is -0.267. The van der Waals surface area contributed by atoms with Gasteiger partial charge in [0.25, 0.3) is 0 Å². The largest absolute Gasteiger partial charge is 0.343 e. The van der Waals surface area contributed by atoms with Crippen LogP contribution in [0.15, 0.2) is 95.7 Å². The van der Waals surface area contributed by atoms with Crippen LogP contribution in [0.2, 0.25) is 0 Å². The zero-order chi connectivity index (χ0) is 26.1. The maximum atomic E-state index is 11.2. The molecule has 0 bridgehead atoms. The number of hydrogen-bond acceptors (Lipinski definition) is 6. The molecule has 1 unspecified atom stereocenters. The highest BCUT2D eigenvalue weighted by molar-refractivity contribution is 7.97. The standard InChI is InChI=1S/C31H33N5OS/c1-23-19-28(22-37)32-36(23)29-9-12-31-27(20-29)13-14-34(31)21-24-3-5-25(6-4-24)26-7-10-30(11-8-26)38-35-17-15-33(2)16-18-35/h3-14,19-20,22,28,32H,15-18,21H2,1-2H3. The molecule has 0 spiro atoms. The summed E-state index contributed by atoms with van der Waals surface area (Å²) in [6, 6.07) is 26.1. The van der Waals surface area contributed by atoms with Crippen molar-refractivity contribution in [2.24, 2.45) is 0 Å². The molecule has 0 amide bonds. The number of nitrogens with zero attached hydrogens (tertiary/aromatic N) is 4. The van der Waals surface area contributed by atoms with Gasteiger partial charge in [-0.1, -0.05) is 36.4 Å². The Morgan fingerprint density at radius 3 is 2.32 bits per heavy atom. The molecule has 3 aromatic carbocycles. The van der Waals surface area contributed by atoms with Crippen molar-refractivity contribution < 1.29 is 4.79 Å². The van der Waals surface area contributed by atoms with Crippen molar-refractivity contribution in [2.45, 2.75) is 24.4 Å². The summed E-state index contributed by atoms with van der Waals surface area (Å²) in [5, 5.41) is 3.16. The molecule has 1 aromatic heterocycles. The molecule has 0 aliphatic carbocycles. The van der Waals surface area contributed by atoms with Crippen molar-refractivity contribution in [1.82, 2.24) is 19.2 Å². The Balaban J connectivity index is 1.11. The van der Waals surface area contributed by atoms with E-state index in [9.17, 15) is 4.79 Å². The van der Waals surface area contributed by atoms with Gasteiger partial charge in [0.2, 0.25) is 0 Å². The molecule has 2 aliphatic rings. The second kappa shape index (κ2) is 10.8. The molecule has 7 heteroatoms. The molecular weight excluding hydrogens is 490 g/mol. The van der Waals surface area contributed by atoms with Crippen LogP contribution in [0.1, 0.15) is 12.5 Å². The number of aldehydes is 1. The number of piperazine rings is 1. The topological polar surface area (TPSA) is 43.8 Å². The number of anilines is 1. The van der Waals surface area contributed by atoms with Crippen LogP contribution in [0.5, 0.6) is 0 Å². The molecule has 38 heavy (non-hydrogen) atoms. The SMILES string of the molecule is CC1=CC(C=O)NN1c1ccc2c(ccn2Cc2ccc(-c3ccc(SN4CCN(C)CC4)cc3)cc2)c1. The van der Waals surface area contributed by atoms with Gasteiger partial charge < -0.3 is 14.3 Å². The summed E-state index contributed by atoms with van der Waals surface area (Å²) in [7, 11) is 2.19. The lowest BCUT2D eigenvalue weighted by Crippen LogP contribution is -2.40. The first kappa shape index (κ1) is 24.9. The Morgan fingerprint density at radius 2 is 1.63 bits per heavy atom. The molecule has 4 aromatic rings. The van der Waals surface area contributed by atoms with E-state index in [2.05, 4.69) is 105 Å². The third-order valence-corrected chi connectivity index (χ3v) is 8.51. The molecule has 6 nitrogen and oxygen atoms in total. The van der Waals surface area contributed by atoms with Gasteiger partial charge in [-0.15, -0.1) is 0 Å². The van der Waals surface area contributed by atoms with E-state index in [0.717, 1.165) is 50.4 Å². The quantitative estimate of drug-likeness (QED) is 0.258. The number of aromatic nitrogens is 1. The van der Waals surface area contributed by atoms with Crippen molar-refractivity contribution in [3.8, 4) is 11.1 Å². The van der Waals surface area contributed by atoms with Crippen molar-refractivity contribution in [3.63, 3.8) is 0 Å². The molecule has 0 saturated carbocycles. The number of nitrogens with one attached hydrogen (secondary N) is 1. The first-order valence-corrected chi connectivity index (χ1v) is 13.9. The number of hydrazine groups is 1. The molecule has 6 rings (SSSR count). The first-order valence-electron chi connectivity index (χ1n) is 13.2. The number of allylic oxidation sites excluding steroid dienone is 1. The van der Waals surface area contributed by atoms with Crippen LogP contribution in [-0.2, 0) is 11.3 Å². The monoisotopic (exact) mass is 523 g/mol. The van der Waals surface area contributed by atoms with Crippen LogP contribution in [0.25, 0.3) is 22.0 Å². The van der Waals surface area contributed by atoms with Gasteiger partial charge in [0.1, 0.15) is 12.3 Å². The Morgan fingerprint density at radius 1 is 0.921 bits per heavy atom. The lowest BCUT2D eigenvalue weighted by atomic mass is 10.0. The van der Waals surface area contributed by atoms with Crippen molar-refractivity contribution >= 4 is 34.8 Å². The number of fused-ring (bicyclic) bond motifs is 1. The lowest BCUT2D eigenvalue weighted by Gasteiger charge is -2.31. The van der Waals surface area contributed by atoms with E-state index in [1.165, 1.54) is 32.5 Å². The summed E-state index contributed by atoms with van der Waals surface area (Å²) in [4.78, 5) is 14.9. The Hall–Kier alpha value is -3.36. The van der Waals surface area contributed by atoms with Crippen LogP contribution in [0.3, 0.4) is 0 Å². The zero-order valence-corrected chi connectivity index (χ0v) is 22.7. The van der Waals surface area contributed by atoms with Crippen LogP contribution < -0.4 is 10.4 Å². The van der Waals surface area contributed by atoms with Gasteiger partial charge in [-0.05, 0) is 85.1 Å². The molecule has 3 heterocycles. The Bertz CT molecular complexity index is 1450. The fourth-order valence-corrected chi connectivity index (χ4v) is 6.07. The second-order valence-electron chi connectivity index (χ2n) is 10.2. The summed E-state index contributed by atoms with van der Waals surface area (Å²) < 4.78 is 4.74. The number of hydrogen-bond donors (Lipinski definition) is 1. The highest BCUT2D eigenvalue weighted by Gasteiger charge is 2.21. The fraction of sp³-hybridized carbons (Fsp3) is 0.258. The van der Waals surface area contributed by atoms with E-state index in [1.54, 1.807) is 0 Å². The molecule has 1 saturated heterocycles. The smallest absolute Gasteiger partial charge is 0.142 e. The van der Waals surface area contributed by atoms with Gasteiger partial charge in [0.05, 0.1) is 5.69 Å². The molecule has 1 atom stereocenters. The Labute approximate surface area is 228 Å². The predicted molar refractivity (Wildman–Crippen MR) is 157 cm³/mol. The maximum Gasteiger partial charge on any atom is 0.142 e. The molecule has 194 valence electrons. The van der Waals surface area contributed by atoms with Gasteiger partial charge in [-0.2, -0.15) is 0 Å². The molecule has 1 fully saturated rings. The van der Waals surface area contributed by atoms with Crippen molar-refractivity contribution in [1.29, 1.82) is 0 Å². The molecular formula is C31H33N5OS. The van der Waals surface area contributed by atoms with E-state index >= 15 is 0 Å². The number of benzene rings is 3. The Kier molecular flexibility index (Phi) is 7.08. The fourth-order valence-electron chi connectivity index (χ4n) is 5.17. The van der Waals surface area contributed by atoms with E-state index in [4.69, 9.17) is 0 Å². The van der Waals surface area contributed by atoms with E-state index in [1.807, 2.05) is 30.0 Å². The van der Waals surface area contributed by atoms with E-state index in [0.29, 0.717) is 0 Å². The summed E-state index contributed by atoms with van der Waals surface area (Å²) in [5.41, 5.74) is 10.2. The summed E-state index contributed by atoms with van der Waals surface area (Å²) >= 11 is 1.87. The minimum Gasteiger partial charge on any atom is -0.343 e. The number of carbonyl (C=O) groups excluding carboxylic acids is 1. The van der Waals surface area contributed by atoms with Crippen LogP contribution in [0.4, 0.5) is 5.69 Å². The third kappa shape index (κ3) is 5.28. The van der Waals surface area contributed by atoms with Crippen LogP contribution >= 0.6 is 11.9 Å². The number of rotatable bonds is 7. The summed E-state index contributed by atoms with van der Waals surface area (Å²) in [5.74, 6) is 0. The van der Waals surface area contributed by atoms with E-state index < -0.39 is 0 Å². The average Bonchev–Trinajstić information content (AvgIpc) is 3.53. The maximum absolute atomic E-state index is 11.2. The molecule has 2 aliphatic heterocycles. The molecule has 1 N–H and O–H groups in total. The number of carbonyl (C=O) groups is 1. The van der Waals surface area contributed by atoms with E-state index in [-0.39, 0.29) is 6.04 Å². The van der Waals surface area contributed by atoms with Gasteiger partial charge >= 0.3 is 0 Å². The van der Waals surface area contributed by atoms with Gasteiger partial charge in [0.15, 0.2) is 0 Å². The average molecular weight is 524 g/mol. The van der Waals surface area contributed by atoms with Gasteiger partial charge in [0, 0.05) is 60.4 Å². The molecule has 0 radical (unpaired) electrons. The van der Waals surface area contributed by atoms with Gasteiger partial charge in [-0.3, -0.25) is 5.01 Å². The summed E-state index contributed by atoms with van der Waals surface area (Å²) in [6.45, 7) is 7.31. The van der Waals surface area contributed by atoms with Crippen molar-refractivity contribution in [2.75, 3.05) is 38.2 Å². The highest BCUT2D eigenvalue weighted by Crippen LogP contribution is 2.29. The minimum absolute atomic E-state index is 0.267. The normalized spacial score (nSPS) is 18.7. The van der Waals surface area contributed by atoms with Crippen molar-refractivity contribution in [3.05, 3.63) is 96.3 Å². The lowest BCUT2D eigenvalue weighted by molar-refractivity contribution is -0.108. The summed E-state index contributed by atoms with van der Waals surface area (Å²) in [6.07, 6.45) is 5.01. The number of likely N-dealkylation sites (N-methyl/N-ethyl adjacent to an activating group) is 1. The first-order chi connectivity index (χ1) is 18.6. The predicted octanol–water partition coefficient (Wildman–Crippen LogP) is 5.41. The third-order valence-electron chi connectivity index (χ3n) is 7.40. The van der Waals surface area contributed by atoms with Crippen LogP contribution in [-0.4, -0.2) is 59.3 Å². The van der Waals surface area contributed by atoms with Gasteiger partial charge in [-0.25, -0.2) is 9.73 Å². The zero-order valence-electron chi connectivity index (χ0n) is 21.9. The highest BCUT2D eigenvalue weighted by atomic mass is 32.2. The second-order valence-corrected chi connectivity index (χ2v) is 11.3. The van der Waals surface area contributed by atoms with Crippen LogP contribution in [0, 0.1) is 0 Å².